The molecule has 0 atom stereocenters. The third-order valence-electron chi connectivity index (χ3n) is 3.10. The van der Waals surface area contributed by atoms with Gasteiger partial charge in [-0.3, -0.25) is 4.68 Å². The van der Waals surface area contributed by atoms with Crippen LogP contribution in [0.1, 0.15) is 25.5 Å². The lowest BCUT2D eigenvalue weighted by Crippen LogP contribution is -2.29. The molecule has 0 bridgehead atoms. The van der Waals surface area contributed by atoms with Crippen LogP contribution in [0, 0.1) is 5.92 Å². The molecule has 0 unspecified atom stereocenters. The topological polar surface area (TPSA) is 60.0 Å². The van der Waals surface area contributed by atoms with Crippen molar-refractivity contribution in [1.29, 1.82) is 0 Å². The Kier molecular flexibility index (Phi) is 3.90. The van der Waals surface area contributed by atoms with E-state index in [4.69, 9.17) is 5.73 Å². The van der Waals surface area contributed by atoms with Gasteiger partial charge < -0.3 is 10.6 Å². The number of hydrogen-bond donors (Lipinski definition) is 1. The molecule has 1 aliphatic carbocycles. The van der Waals surface area contributed by atoms with Crippen LogP contribution >= 0.6 is 0 Å². The molecule has 1 fully saturated rings. The van der Waals surface area contributed by atoms with Crippen LogP contribution in [0.2, 0.25) is 0 Å². The lowest BCUT2D eigenvalue weighted by molar-refractivity contribution is 0.260. The van der Waals surface area contributed by atoms with E-state index in [9.17, 15) is 0 Å². The lowest BCUT2D eigenvalue weighted by Gasteiger charge is -2.19. The summed E-state index contributed by atoms with van der Waals surface area (Å²) in [6, 6.07) is 0. The summed E-state index contributed by atoms with van der Waals surface area (Å²) in [5, 5.41) is 8.03. The van der Waals surface area contributed by atoms with Crippen molar-refractivity contribution in [2.45, 2.75) is 32.9 Å². The van der Waals surface area contributed by atoms with E-state index in [1.165, 1.54) is 19.4 Å². The van der Waals surface area contributed by atoms with Crippen molar-refractivity contribution in [3.8, 4) is 0 Å². The summed E-state index contributed by atoms with van der Waals surface area (Å²) >= 11 is 0. The molecule has 1 heterocycles. The molecule has 1 aliphatic rings. The molecule has 2 N–H and O–H groups in total. The first-order chi connectivity index (χ1) is 7.81. The van der Waals surface area contributed by atoms with Gasteiger partial charge in [0.15, 0.2) is 0 Å². The summed E-state index contributed by atoms with van der Waals surface area (Å²) in [6.07, 6.45) is 4.76. The van der Waals surface area contributed by atoms with Gasteiger partial charge in [0.1, 0.15) is 0 Å². The Bertz CT molecular complexity index is 318. The standard InChI is InChI=1S/C11H21N5/c1-2-15(8-10-3-4-10)5-6-16-9-11(7-12)13-14-16/h9-10H,2-8,12H2,1H3. The van der Waals surface area contributed by atoms with Crippen molar-refractivity contribution in [2.75, 3.05) is 19.6 Å². The van der Waals surface area contributed by atoms with Gasteiger partial charge in [-0.25, -0.2) is 0 Å². The third-order valence-corrected chi connectivity index (χ3v) is 3.10. The molecular weight excluding hydrogens is 202 g/mol. The first kappa shape index (κ1) is 11.5. The van der Waals surface area contributed by atoms with E-state index in [1.54, 1.807) is 0 Å². The molecule has 90 valence electrons. The fourth-order valence-electron chi connectivity index (χ4n) is 1.83. The van der Waals surface area contributed by atoms with Gasteiger partial charge in [-0.1, -0.05) is 12.1 Å². The molecule has 5 heteroatoms. The number of likely N-dealkylation sites (N-methyl/N-ethyl adjacent to an activating group) is 1. The molecule has 1 aromatic heterocycles. The van der Waals surface area contributed by atoms with Crippen LogP contribution in [0.5, 0.6) is 0 Å². The number of rotatable bonds is 7. The molecule has 1 saturated carbocycles. The maximum atomic E-state index is 5.49. The monoisotopic (exact) mass is 223 g/mol. The summed E-state index contributed by atoms with van der Waals surface area (Å²) in [7, 11) is 0. The van der Waals surface area contributed by atoms with E-state index >= 15 is 0 Å². The molecule has 0 aliphatic heterocycles. The lowest BCUT2D eigenvalue weighted by atomic mass is 10.3. The molecule has 0 radical (unpaired) electrons. The Balaban J connectivity index is 1.75. The molecule has 16 heavy (non-hydrogen) atoms. The highest BCUT2D eigenvalue weighted by molar-refractivity contribution is 4.90. The second-order valence-corrected chi connectivity index (χ2v) is 4.51. The molecule has 0 spiro atoms. The smallest absolute Gasteiger partial charge is 0.0962 e. The predicted molar refractivity (Wildman–Crippen MR) is 62.8 cm³/mol. The molecule has 2 rings (SSSR count). The minimum Gasteiger partial charge on any atom is -0.325 e. The Morgan fingerprint density at radius 3 is 2.94 bits per heavy atom. The predicted octanol–water partition coefficient (Wildman–Crippen LogP) is 0.469. The summed E-state index contributed by atoms with van der Waals surface area (Å²) in [6.45, 7) is 7.02. The quantitative estimate of drug-likeness (QED) is 0.730. The average Bonchev–Trinajstić information content (AvgIpc) is 3.00. The summed E-state index contributed by atoms with van der Waals surface area (Å²) in [5.41, 5.74) is 6.36. The van der Waals surface area contributed by atoms with Crippen LogP contribution < -0.4 is 5.73 Å². The van der Waals surface area contributed by atoms with Crippen molar-refractivity contribution in [2.24, 2.45) is 11.7 Å². The minimum atomic E-state index is 0.472. The maximum Gasteiger partial charge on any atom is 0.0962 e. The van der Waals surface area contributed by atoms with E-state index in [2.05, 4.69) is 22.1 Å². The Labute approximate surface area is 96.6 Å². The molecule has 1 aromatic rings. The van der Waals surface area contributed by atoms with Crippen LogP contribution in [0.15, 0.2) is 6.20 Å². The molecule has 0 saturated heterocycles. The number of hydrogen-bond acceptors (Lipinski definition) is 4. The van der Waals surface area contributed by atoms with Crippen molar-refractivity contribution in [3.05, 3.63) is 11.9 Å². The van der Waals surface area contributed by atoms with E-state index in [-0.39, 0.29) is 0 Å². The minimum absolute atomic E-state index is 0.472. The van der Waals surface area contributed by atoms with Crippen LogP contribution in [-0.4, -0.2) is 39.5 Å². The third kappa shape index (κ3) is 3.28. The van der Waals surface area contributed by atoms with E-state index in [1.807, 2.05) is 10.9 Å². The Hall–Kier alpha value is -0.940. The highest BCUT2D eigenvalue weighted by Crippen LogP contribution is 2.29. The van der Waals surface area contributed by atoms with E-state index < -0.39 is 0 Å². The normalized spacial score (nSPS) is 15.9. The van der Waals surface area contributed by atoms with Crippen LogP contribution in [0.4, 0.5) is 0 Å². The Morgan fingerprint density at radius 1 is 1.56 bits per heavy atom. The largest absolute Gasteiger partial charge is 0.325 e. The first-order valence-electron chi connectivity index (χ1n) is 6.13. The zero-order valence-corrected chi connectivity index (χ0v) is 9.97. The fraction of sp³-hybridized carbons (Fsp3) is 0.818. The van der Waals surface area contributed by atoms with Crippen molar-refractivity contribution in [1.82, 2.24) is 19.9 Å². The van der Waals surface area contributed by atoms with Crippen molar-refractivity contribution in [3.63, 3.8) is 0 Å². The zero-order valence-electron chi connectivity index (χ0n) is 9.97. The van der Waals surface area contributed by atoms with Gasteiger partial charge in [-0.05, 0) is 25.3 Å². The summed E-state index contributed by atoms with van der Waals surface area (Å²) in [5.74, 6) is 0.954. The average molecular weight is 223 g/mol. The number of nitrogens with two attached hydrogens (primary N) is 1. The molecule has 0 aromatic carbocycles. The summed E-state index contributed by atoms with van der Waals surface area (Å²) < 4.78 is 1.89. The van der Waals surface area contributed by atoms with Gasteiger partial charge >= 0.3 is 0 Å². The highest BCUT2D eigenvalue weighted by Gasteiger charge is 2.23. The summed E-state index contributed by atoms with van der Waals surface area (Å²) in [4.78, 5) is 2.49. The van der Waals surface area contributed by atoms with Crippen LogP contribution in [0.3, 0.4) is 0 Å². The number of nitrogens with zero attached hydrogens (tertiary/aromatic N) is 4. The van der Waals surface area contributed by atoms with Crippen molar-refractivity contribution < 1.29 is 0 Å². The van der Waals surface area contributed by atoms with Gasteiger partial charge in [0.25, 0.3) is 0 Å². The van der Waals surface area contributed by atoms with Gasteiger partial charge in [0, 0.05) is 25.8 Å². The molecule has 0 amide bonds. The van der Waals surface area contributed by atoms with E-state index in [0.717, 1.165) is 31.2 Å². The molecular formula is C11H21N5. The van der Waals surface area contributed by atoms with Crippen LogP contribution in [-0.2, 0) is 13.1 Å². The van der Waals surface area contributed by atoms with Gasteiger partial charge in [0.05, 0.1) is 12.2 Å². The second kappa shape index (κ2) is 5.41. The fourth-order valence-corrected chi connectivity index (χ4v) is 1.83. The highest BCUT2D eigenvalue weighted by atomic mass is 15.4. The van der Waals surface area contributed by atoms with E-state index in [0.29, 0.717) is 6.54 Å². The first-order valence-corrected chi connectivity index (χ1v) is 6.13. The van der Waals surface area contributed by atoms with Gasteiger partial charge in [-0.15, -0.1) is 5.10 Å². The second-order valence-electron chi connectivity index (χ2n) is 4.51. The van der Waals surface area contributed by atoms with Crippen molar-refractivity contribution >= 4 is 0 Å². The van der Waals surface area contributed by atoms with Gasteiger partial charge in [-0.2, -0.15) is 0 Å². The van der Waals surface area contributed by atoms with Gasteiger partial charge in [0.2, 0.25) is 0 Å². The zero-order chi connectivity index (χ0) is 11.4. The maximum absolute atomic E-state index is 5.49. The van der Waals surface area contributed by atoms with Crippen LogP contribution in [0.25, 0.3) is 0 Å². The number of aromatic nitrogens is 3. The molecule has 5 nitrogen and oxygen atoms in total. The SMILES string of the molecule is CCN(CCn1cc(CN)nn1)CC1CC1. The Morgan fingerprint density at radius 2 is 2.38 bits per heavy atom.